The molecular weight excluding hydrogens is 358 g/mol. The Hall–Kier alpha value is -2.97. The number of hydrogen-bond donors (Lipinski definition) is 1. The minimum Gasteiger partial charge on any atom is -0.465 e. The molecular formula is C20H23N5O3. The summed E-state index contributed by atoms with van der Waals surface area (Å²) in [5.41, 5.74) is 1.13. The van der Waals surface area contributed by atoms with Gasteiger partial charge in [-0.15, -0.1) is 5.10 Å². The number of rotatable bonds is 6. The van der Waals surface area contributed by atoms with Crippen molar-refractivity contribution in [3.8, 4) is 5.69 Å². The van der Waals surface area contributed by atoms with Crippen LogP contribution < -0.4 is 5.32 Å². The third-order valence-corrected chi connectivity index (χ3v) is 4.78. The number of amides is 1. The number of nitrogens with one attached hydrogen (secondary N) is 1. The van der Waals surface area contributed by atoms with E-state index >= 15 is 0 Å². The van der Waals surface area contributed by atoms with E-state index in [2.05, 4.69) is 20.5 Å². The quantitative estimate of drug-likeness (QED) is 0.703. The summed E-state index contributed by atoms with van der Waals surface area (Å²) in [5.74, 6) is 1.43. The zero-order valence-corrected chi connectivity index (χ0v) is 15.7. The van der Waals surface area contributed by atoms with Gasteiger partial charge < -0.3 is 14.5 Å². The number of carbonyl (C=O) groups excluding carboxylic acids is 1. The molecule has 1 saturated heterocycles. The van der Waals surface area contributed by atoms with Gasteiger partial charge in [0, 0.05) is 19.6 Å². The van der Waals surface area contributed by atoms with E-state index in [4.69, 9.17) is 9.15 Å². The first kappa shape index (κ1) is 18.4. The van der Waals surface area contributed by atoms with Gasteiger partial charge in [-0.3, -0.25) is 9.69 Å². The molecule has 146 valence electrons. The molecule has 8 nitrogen and oxygen atoms in total. The van der Waals surface area contributed by atoms with Crippen molar-refractivity contribution in [1.29, 1.82) is 0 Å². The number of aryl methyl sites for hydroxylation is 1. The Balaban J connectivity index is 1.45. The predicted molar refractivity (Wildman–Crippen MR) is 102 cm³/mol. The minimum atomic E-state index is -0.260. The van der Waals surface area contributed by atoms with Crippen molar-refractivity contribution in [1.82, 2.24) is 25.2 Å². The lowest BCUT2D eigenvalue weighted by Gasteiger charge is -2.33. The van der Waals surface area contributed by atoms with E-state index in [0.29, 0.717) is 19.8 Å². The van der Waals surface area contributed by atoms with Crippen LogP contribution in [0.25, 0.3) is 5.69 Å². The molecule has 1 aliphatic rings. The molecule has 0 unspecified atom stereocenters. The smallest absolute Gasteiger partial charge is 0.273 e. The lowest BCUT2D eigenvalue weighted by molar-refractivity contribution is 0.0117. The molecule has 3 heterocycles. The van der Waals surface area contributed by atoms with Gasteiger partial charge in [-0.2, -0.15) is 0 Å². The van der Waals surface area contributed by atoms with Gasteiger partial charge in [0.2, 0.25) is 0 Å². The lowest BCUT2D eigenvalue weighted by atomic mass is 10.1. The molecule has 8 heteroatoms. The van der Waals surface area contributed by atoms with Crippen LogP contribution in [0.2, 0.25) is 0 Å². The maximum atomic E-state index is 12.6. The van der Waals surface area contributed by atoms with Crippen LogP contribution in [0.15, 0.2) is 53.1 Å². The molecule has 3 aromatic rings. The molecule has 0 radical (unpaired) electrons. The number of hydrogen-bond acceptors (Lipinski definition) is 6. The molecule has 1 aromatic carbocycles. The number of carbonyl (C=O) groups is 1. The summed E-state index contributed by atoms with van der Waals surface area (Å²) in [4.78, 5) is 14.9. The number of benzene rings is 1. The molecule has 0 saturated carbocycles. The second-order valence-electron chi connectivity index (χ2n) is 6.71. The summed E-state index contributed by atoms with van der Waals surface area (Å²) < 4.78 is 12.9. The molecule has 1 atom stereocenters. The average molecular weight is 381 g/mol. The van der Waals surface area contributed by atoms with E-state index in [9.17, 15) is 4.79 Å². The van der Waals surface area contributed by atoms with Crippen LogP contribution in [0.3, 0.4) is 0 Å². The molecule has 1 aliphatic heterocycles. The fraction of sp³-hybridized carbons (Fsp3) is 0.350. The van der Waals surface area contributed by atoms with Crippen LogP contribution in [0.5, 0.6) is 0 Å². The van der Waals surface area contributed by atoms with Gasteiger partial charge in [-0.05, 0) is 31.2 Å². The third kappa shape index (κ3) is 4.13. The highest BCUT2D eigenvalue weighted by Crippen LogP contribution is 2.23. The number of para-hydroxylation sites is 1. The van der Waals surface area contributed by atoms with Crippen LogP contribution in [0.4, 0.5) is 0 Å². The normalized spacial score (nSPS) is 16.0. The van der Waals surface area contributed by atoms with Gasteiger partial charge >= 0.3 is 0 Å². The van der Waals surface area contributed by atoms with Gasteiger partial charge in [0.15, 0.2) is 5.69 Å². The Bertz CT molecular complexity index is 915. The van der Waals surface area contributed by atoms with Crippen LogP contribution in [-0.2, 0) is 4.74 Å². The van der Waals surface area contributed by atoms with E-state index in [1.54, 1.807) is 10.9 Å². The number of nitrogens with zero attached hydrogens (tertiary/aromatic N) is 4. The third-order valence-electron chi connectivity index (χ3n) is 4.78. The van der Waals surface area contributed by atoms with Crippen molar-refractivity contribution >= 4 is 5.91 Å². The van der Waals surface area contributed by atoms with Crippen molar-refractivity contribution in [2.75, 3.05) is 32.8 Å². The first-order valence-electron chi connectivity index (χ1n) is 9.35. The van der Waals surface area contributed by atoms with Crippen molar-refractivity contribution in [3.63, 3.8) is 0 Å². The number of aromatic nitrogens is 3. The fourth-order valence-electron chi connectivity index (χ4n) is 3.29. The Morgan fingerprint density at radius 2 is 1.96 bits per heavy atom. The Kier molecular flexibility index (Phi) is 5.50. The zero-order chi connectivity index (χ0) is 19.3. The summed E-state index contributed by atoms with van der Waals surface area (Å²) in [6.45, 7) is 5.28. The Labute approximate surface area is 163 Å². The molecule has 1 amide bonds. The number of morpholine rings is 1. The first-order valence-corrected chi connectivity index (χ1v) is 9.35. The topological polar surface area (TPSA) is 85.4 Å². The highest BCUT2D eigenvalue weighted by molar-refractivity contribution is 5.91. The second-order valence-corrected chi connectivity index (χ2v) is 6.71. The summed E-state index contributed by atoms with van der Waals surface area (Å²) in [6.07, 6.45) is 1.63. The fourth-order valence-corrected chi connectivity index (χ4v) is 3.29. The standard InChI is InChI=1S/C20H23N5O3/c1-15-7-8-19(28-15)18(24-9-11-27-12-10-24)13-21-20(26)17-14-25(23-22-17)16-5-3-2-4-6-16/h2-8,14,18H,9-13H2,1H3,(H,21,26)/t18-/m1/s1. The number of furan rings is 1. The molecule has 0 aliphatic carbocycles. The largest absolute Gasteiger partial charge is 0.465 e. The maximum Gasteiger partial charge on any atom is 0.273 e. The highest BCUT2D eigenvalue weighted by Gasteiger charge is 2.26. The minimum absolute atomic E-state index is 0.0503. The van der Waals surface area contributed by atoms with Crippen LogP contribution in [0.1, 0.15) is 28.1 Å². The molecule has 1 fully saturated rings. The highest BCUT2D eigenvalue weighted by atomic mass is 16.5. The summed E-state index contributed by atoms with van der Waals surface area (Å²) in [7, 11) is 0. The summed E-state index contributed by atoms with van der Waals surface area (Å²) in [5, 5.41) is 11.0. The molecule has 2 aromatic heterocycles. The Morgan fingerprint density at radius 3 is 2.68 bits per heavy atom. The van der Waals surface area contributed by atoms with E-state index in [-0.39, 0.29) is 17.6 Å². The average Bonchev–Trinajstić information content (AvgIpc) is 3.39. The van der Waals surface area contributed by atoms with Crippen molar-refractivity contribution < 1.29 is 13.9 Å². The van der Waals surface area contributed by atoms with Crippen molar-refractivity contribution in [3.05, 3.63) is 65.9 Å². The first-order chi connectivity index (χ1) is 13.7. The molecule has 4 rings (SSSR count). The van der Waals surface area contributed by atoms with Crippen LogP contribution in [-0.4, -0.2) is 58.6 Å². The van der Waals surface area contributed by atoms with Gasteiger partial charge in [-0.25, -0.2) is 4.68 Å². The van der Waals surface area contributed by atoms with Crippen LogP contribution in [0, 0.1) is 6.92 Å². The van der Waals surface area contributed by atoms with Gasteiger partial charge in [-0.1, -0.05) is 23.4 Å². The molecule has 0 spiro atoms. The second kappa shape index (κ2) is 8.37. The summed E-state index contributed by atoms with van der Waals surface area (Å²) >= 11 is 0. The van der Waals surface area contributed by atoms with E-state index in [0.717, 1.165) is 30.3 Å². The molecule has 1 N–H and O–H groups in total. The molecule has 0 bridgehead atoms. The van der Waals surface area contributed by atoms with Crippen molar-refractivity contribution in [2.45, 2.75) is 13.0 Å². The van der Waals surface area contributed by atoms with Crippen LogP contribution >= 0.6 is 0 Å². The van der Waals surface area contributed by atoms with E-state index in [1.165, 1.54) is 0 Å². The van der Waals surface area contributed by atoms with Gasteiger partial charge in [0.05, 0.1) is 31.1 Å². The SMILES string of the molecule is Cc1ccc([C@@H](CNC(=O)c2cn(-c3ccccc3)nn2)N2CCOCC2)o1. The predicted octanol–water partition coefficient (Wildman–Crippen LogP) is 1.97. The zero-order valence-electron chi connectivity index (χ0n) is 15.7. The van der Waals surface area contributed by atoms with Crippen molar-refractivity contribution in [2.24, 2.45) is 0 Å². The summed E-state index contributed by atoms with van der Waals surface area (Å²) in [6, 6.07) is 13.4. The number of ether oxygens (including phenoxy) is 1. The Morgan fingerprint density at radius 1 is 1.18 bits per heavy atom. The van der Waals surface area contributed by atoms with E-state index in [1.807, 2.05) is 49.4 Å². The molecule has 28 heavy (non-hydrogen) atoms. The van der Waals surface area contributed by atoms with Gasteiger partial charge in [0.25, 0.3) is 5.91 Å². The van der Waals surface area contributed by atoms with Gasteiger partial charge in [0.1, 0.15) is 11.5 Å². The lowest BCUT2D eigenvalue weighted by Crippen LogP contribution is -2.43. The monoisotopic (exact) mass is 381 g/mol. The maximum absolute atomic E-state index is 12.6. The van der Waals surface area contributed by atoms with E-state index < -0.39 is 0 Å².